The van der Waals surface area contributed by atoms with Gasteiger partial charge in [-0.25, -0.2) is 0 Å². The average molecular weight is 355 g/mol. The molecule has 1 saturated heterocycles. The Morgan fingerprint density at radius 3 is 2.50 bits per heavy atom. The van der Waals surface area contributed by atoms with Gasteiger partial charge in [0.1, 0.15) is 17.1 Å². The molecular formula is C20H25N3O3. The zero-order chi connectivity index (χ0) is 18.6. The number of amides is 1. The second kappa shape index (κ2) is 7.85. The molecule has 1 aromatic heterocycles. The van der Waals surface area contributed by atoms with Crippen LogP contribution < -0.4 is 4.74 Å². The molecule has 2 heterocycles. The number of pyridine rings is 1. The van der Waals surface area contributed by atoms with Crippen molar-refractivity contribution in [2.24, 2.45) is 0 Å². The second-order valence-corrected chi connectivity index (χ2v) is 7.17. The molecule has 3 rings (SSSR count). The van der Waals surface area contributed by atoms with Crippen molar-refractivity contribution in [3.8, 4) is 11.5 Å². The Morgan fingerprint density at radius 1 is 1.15 bits per heavy atom. The first-order valence-electron chi connectivity index (χ1n) is 8.83. The van der Waals surface area contributed by atoms with Crippen LogP contribution >= 0.6 is 0 Å². The molecule has 6 nitrogen and oxygen atoms in total. The monoisotopic (exact) mass is 355 g/mol. The van der Waals surface area contributed by atoms with Crippen molar-refractivity contribution in [1.82, 2.24) is 14.8 Å². The van der Waals surface area contributed by atoms with Crippen LogP contribution in [0.2, 0.25) is 0 Å². The molecular weight excluding hydrogens is 330 g/mol. The first kappa shape index (κ1) is 18.4. The number of nitrogens with zero attached hydrogens (tertiary/aromatic N) is 3. The molecule has 138 valence electrons. The number of carbonyl (C=O) groups excluding carboxylic acids is 1. The number of rotatable bonds is 5. The van der Waals surface area contributed by atoms with Gasteiger partial charge in [-0.1, -0.05) is 18.2 Å². The standard InChI is InChI=1S/C20H25N3O3/c1-20(2,25)15-22-10-12-23(13-11-22)19(24)17-14-21-9-8-18(17)26-16-6-4-3-5-7-16/h3-9,14,25H,10-13,15H2,1-2H3. The van der Waals surface area contributed by atoms with E-state index in [0.29, 0.717) is 36.7 Å². The Balaban J connectivity index is 1.67. The highest BCUT2D eigenvalue weighted by molar-refractivity contribution is 5.96. The fraction of sp³-hybridized carbons (Fsp3) is 0.400. The first-order valence-corrected chi connectivity index (χ1v) is 8.83. The van der Waals surface area contributed by atoms with E-state index in [1.165, 1.54) is 0 Å². The third-order valence-corrected chi connectivity index (χ3v) is 4.25. The van der Waals surface area contributed by atoms with Crippen LogP contribution in [0.25, 0.3) is 0 Å². The molecule has 1 N–H and O–H groups in total. The van der Waals surface area contributed by atoms with Gasteiger partial charge in [0, 0.05) is 45.1 Å². The number of benzene rings is 1. The lowest BCUT2D eigenvalue weighted by Crippen LogP contribution is -2.52. The van der Waals surface area contributed by atoms with Crippen molar-refractivity contribution in [2.45, 2.75) is 19.4 Å². The van der Waals surface area contributed by atoms with E-state index in [1.807, 2.05) is 35.2 Å². The molecule has 0 radical (unpaired) electrons. The zero-order valence-electron chi connectivity index (χ0n) is 15.3. The lowest BCUT2D eigenvalue weighted by molar-refractivity contribution is 0.0178. The summed E-state index contributed by atoms with van der Waals surface area (Å²) in [6.07, 6.45) is 3.18. The van der Waals surface area contributed by atoms with Gasteiger partial charge in [-0.3, -0.25) is 14.7 Å². The third kappa shape index (κ3) is 4.80. The van der Waals surface area contributed by atoms with E-state index in [-0.39, 0.29) is 5.91 Å². The van der Waals surface area contributed by atoms with Crippen LogP contribution in [-0.2, 0) is 0 Å². The van der Waals surface area contributed by atoms with Crippen molar-refractivity contribution >= 4 is 5.91 Å². The Labute approximate surface area is 154 Å². The van der Waals surface area contributed by atoms with Crippen LogP contribution in [0, 0.1) is 0 Å². The highest BCUT2D eigenvalue weighted by Crippen LogP contribution is 2.25. The van der Waals surface area contributed by atoms with E-state index in [4.69, 9.17) is 4.74 Å². The molecule has 0 bridgehead atoms. The van der Waals surface area contributed by atoms with Gasteiger partial charge in [0.25, 0.3) is 5.91 Å². The minimum absolute atomic E-state index is 0.0769. The molecule has 1 amide bonds. The van der Waals surface area contributed by atoms with Crippen LogP contribution in [0.15, 0.2) is 48.8 Å². The minimum atomic E-state index is -0.730. The molecule has 0 unspecified atom stereocenters. The molecule has 1 aromatic carbocycles. The van der Waals surface area contributed by atoms with Crippen molar-refractivity contribution in [1.29, 1.82) is 0 Å². The lowest BCUT2D eigenvalue weighted by atomic mass is 10.1. The number of ether oxygens (including phenoxy) is 1. The molecule has 0 aliphatic carbocycles. The highest BCUT2D eigenvalue weighted by Gasteiger charge is 2.27. The summed E-state index contributed by atoms with van der Waals surface area (Å²) in [5.74, 6) is 1.12. The maximum Gasteiger partial charge on any atom is 0.259 e. The summed E-state index contributed by atoms with van der Waals surface area (Å²) >= 11 is 0. The van der Waals surface area contributed by atoms with Gasteiger partial charge in [-0.15, -0.1) is 0 Å². The number of aliphatic hydroxyl groups is 1. The van der Waals surface area contributed by atoms with Crippen LogP contribution in [0.3, 0.4) is 0 Å². The van der Waals surface area contributed by atoms with Gasteiger partial charge in [0.2, 0.25) is 0 Å². The fourth-order valence-corrected chi connectivity index (χ4v) is 3.07. The van der Waals surface area contributed by atoms with Gasteiger partial charge in [-0.2, -0.15) is 0 Å². The Bertz CT molecular complexity index is 735. The minimum Gasteiger partial charge on any atom is -0.456 e. The van der Waals surface area contributed by atoms with Crippen LogP contribution in [0.5, 0.6) is 11.5 Å². The third-order valence-electron chi connectivity index (χ3n) is 4.25. The summed E-state index contributed by atoms with van der Waals surface area (Å²) < 4.78 is 5.88. The van der Waals surface area contributed by atoms with Crippen molar-refractivity contribution in [3.63, 3.8) is 0 Å². The van der Waals surface area contributed by atoms with Crippen LogP contribution in [0.1, 0.15) is 24.2 Å². The number of hydrogen-bond acceptors (Lipinski definition) is 5. The molecule has 26 heavy (non-hydrogen) atoms. The molecule has 0 spiro atoms. The summed E-state index contributed by atoms with van der Waals surface area (Å²) in [5.41, 5.74) is -0.265. The Morgan fingerprint density at radius 2 is 1.85 bits per heavy atom. The fourth-order valence-electron chi connectivity index (χ4n) is 3.07. The van der Waals surface area contributed by atoms with Crippen LogP contribution in [-0.4, -0.2) is 64.1 Å². The quantitative estimate of drug-likeness (QED) is 0.892. The van der Waals surface area contributed by atoms with Gasteiger partial charge in [0.15, 0.2) is 0 Å². The number of β-amino-alcohol motifs (C(OH)–C–C–N with tert-alkyl or cyclic N) is 1. The summed E-state index contributed by atoms with van der Waals surface area (Å²) in [5, 5.41) is 9.95. The number of carbonyl (C=O) groups is 1. The Hall–Kier alpha value is -2.44. The summed E-state index contributed by atoms with van der Waals surface area (Å²) in [7, 11) is 0. The van der Waals surface area contributed by atoms with Gasteiger partial charge in [0.05, 0.1) is 5.60 Å². The van der Waals surface area contributed by atoms with Crippen molar-refractivity contribution < 1.29 is 14.6 Å². The smallest absolute Gasteiger partial charge is 0.259 e. The molecule has 1 fully saturated rings. The maximum absolute atomic E-state index is 12.9. The molecule has 2 aromatic rings. The Kier molecular flexibility index (Phi) is 5.54. The van der Waals surface area contributed by atoms with E-state index < -0.39 is 5.60 Å². The van der Waals surface area contributed by atoms with Crippen molar-refractivity contribution in [2.75, 3.05) is 32.7 Å². The van der Waals surface area contributed by atoms with Gasteiger partial charge < -0.3 is 14.7 Å². The number of hydrogen-bond donors (Lipinski definition) is 1. The first-order chi connectivity index (χ1) is 12.4. The summed E-state index contributed by atoms with van der Waals surface area (Å²) in [4.78, 5) is 21.0. The normalized spacial score (nSPS) is 15.7. The molecule has 1 aliphatic heterocycles. The number of piperazine rings is 1. The van der Waals surface area contributed by atoms with E-state index in [9.17, 15) is 9.90 Å². The van der Waals surface area contributed by atoms with Crippen molar-refractivity contribution in [3.05, 3.63) is 54.4 Å². The average Bonchev–Trinajstić information content (AvgIpc) is 2.62. The predicted molar refractivity (Wildman–Crippen MR) is 99.4 cm³/mol. The largest absolute Gasteiger partial charge is 0.456 e. The second-order valence-electron chi connectivity index (χ2n) is 7.17. The highest BCUT2D eigenvalue weighted by atomic mass is 16.5. The number of para-hydroxylation sites is 1. The molecule has 6 heteroatoms. The van der Waals surface area contributed by atoms with Crippen LogP contribution in [0.4, 0.5) is 0 Å². The summed E-state index contributed by atoms with van der Waals surface area (Å²) in [6, 6.07) is 11.1. The topological polar surface area (TPSA) is 65.9 Å². The molecule has 1 aliphatic rings. The molecule has 0 atom stereocenters. The summed E-state index contributed by atoms with van der Waals surface area (Å²) in [6.45, 7) is 6.92. The number of aromatic nitrogens is 1. The van der Waals surface area contributed by atoms with E-state index in [1.54, 1.807) is 32.3 Å². The SMILES string of the molecule is CC(C)(O)CN1CCN(C(=O)c2cnccc2Oc2ccccc2)CC1. The van der Waals surface area contributed by atoms with Gasteiger partial charge in [-0.05, 0) is 32.0 Å². The lowest BCUT2D eigenvalue weighted by Gasteiger charge is -2.37. The van der Waals surface area contributed by atoms with E-state index >= 15 is 0 Å². The van der Waals surface area contributed by atoms with E-state index in [0.717, 1.165) is 13.1 Å². The van der Waals surface area contributed by atoms with Gasteiger partial charge >= 0.3 is 0 Å². The molecule has 0 saturated carbocycles. The van der Waals surface area contributed by atoms with E-state index in [2.05, 4.69) is 9.88 Å². The predicted octanol–water partition coefficient (Wildman–Crippen LogP) is 2.40. The zero-order valence-corrected chi connectivity index (χ0v) is 15.3. The maximum atomic E-state index is 12.9.